The Morgan fingerprint density at radius 2 is 1.27 bits per heavy atom. The lowest BCUT2D eigenvalue weighted by Gasteiger charge is -2.21. The van der Waals surface area contributed by atoms with Crippen LogP contribution in [0.2, 0.25) is 0 Å². The van der Waals surface area contributed by atoms with E-state index in [2.05, 4.69) is 11.9 Å². The van der Waals surface area contributed by atoms with E-state index in [1.807, 2.05) is 42.5 Å². The van der Waals surface area contributed by atoms with E-state index in [-0.39, 0.29) is 12.4 Å². The van der Waals surface area contributed by atoms with Crippen molar-refractivity contribution in [3.05, 3.63) is 120 Å². The van der Waals surface area contributed by atoms with Gasteiger partial charge >= 0.3 is 11.9 Å². The lowest BCUT2D eigenvalue weighted by Crippen LogP contribution is -2.37. The average molecular weight is 401 g/mol. The summed E-state index contributed by atoms with van der Waals surface area (Å²) in [5.41, 5.74) is 1.91. The van der Waals surface area contributed by atoms with Crippen LogP contribution in [0, 0.1) is 0 Å². The van der Waals surface area contributed by atoms with Crippen LogP contribution in [0.5, 0.6) is 0 Å². The lowest BCUT2D eigenvalue weighted by molar-refractivity contribution is 0.0426. The van der Waals surface area contributed by atoms with Gasteiger partial charge in [-0.1, -0.05) is 73.3 Å². The highest BCUT2D eigenvalue weighted by molar-refractivity contribution is 5.90. The van der Waals surface area contributed by atoms with Crippen molar-refractivity contribution >= 4 is 11.9 Å². The number of hydrogen-bond acceptors (Lipinski definition) is 5. The van der Waals surface area contributed by atoms with Crippen LogP contribution in [0.4, 0.5) is 0 Å². The Balaban J connectivity index is 1.65. The number of carbonyl (C=O) groups is 2. The van der Waals surface area contributed by atoms with Gasteiger partial charge in [0, 0.05) is 6.54 Å². The van der Waals surface area contributed by atoms with Crippen LogP contribution >= 0.6 is 0 Å². The summed E-state index contributed by atoms with van der Waals surface area (Å²) < 4.78 is 10.9. The van der Waals surface area contributed by atoms with Gasteiger partial charge in [-0.15, -0.1) is 0 Å². The normalized spacial score (nSPS) is 11.3. The molecular weight excluding hydrogens is 378 g/mol. The molecule has 0 heterocycles. The Bertz CT molecular complexity index is 972. The highest BCUT2D eigenvalue weighted by Gasteiger charge is 2.20. The van der Waals surface area contributed by atoms with Crippen LogP contribution in [0.3, 0.4) is 0 Å². The second kappa shape index (κ2) is 10.7. The number of carbonyl (C=O) groups excluding carboxylic acids is 2. The molecule has 152 valence electrons. The van der Waals surface area contributed by atoms with E-state index < -0.39 is 18.0 Å². The first kappa shape index (κ1) is 21.0. The maximum absolute atomic E-state index is 12.4. The Morgan fingerprint density at radius 3 is 1.83 bits per heavy atom. The first-order valence-corrected chi connectivity index (χ1v) is 9.59. The smallest absolute Gasteiger partial charge is 0.343 e. The molecule has 0 unspecified atom stereocenters. The predicted molar refractivity (Wildman–Crippen MR) is 115 cm³/mol. The monoisotopic (exact) mass is 401 g/mol. The van der Waals surface area contributed by atoms with Gasteiger partial charge in [0.15, 0.2) is 0 Å². The lowest BCUT2D eigenvalue weighted by atomic mass is 10.2. The number of hydrogen-bond donors (Lipinski definition) is 1. The van der Waals surface area contributed by atoms with Crippen LogP contribution < -0.4 is 5.32 Å². The minimum atomic E-state index is -0.564. The third-order valence-electron chi connectivity index (χ3n) is 4.41. The Kier molecular flexibility index (Phi) is 7.52. The van der Waals surface area contributed by atoms with Gasteiger partial charge < -0.3 is 14.8 Å². The van der Waals surface area contributed by atoms with Crippen LogP contribution in [0.25, 0.3) is 0 Å². The molecule has 3 aromatic carbocycles. The second-order valence-corrected chi connectivity index (χ2v) is 6.61. The largest absolute Gasteiger partial charge is 0.460 e. The maximum atomic E-state index is 12.4. The van der Waals surface area contributed by atoms with Crippen molar-refractivity contribution in [2.75, 3.05) is 6.61 Å². The van der Waals surface area contributed by atoms with Crippen molar-refractivity contribution in [1.82, 2.24) is 5.32 Å². The molecule has 1 N–H and O–H groups in total. The van der Waals surface area contributed by atoms with E-state index in [1.165, 1.54) is 0 Å². The molecule has 3 aromatic rings. The quantitative estimate of drug-likeness (QED) is 0.426. The van der Waals surface area contributed by atoms with Crippen molar-refractivity contribution in [2.45, 2.75) is 12.6 Å². The molecule has 5 nitrogen and oxygen atoms in total. The Morgan fingerprint density at radius 1 is 0.767 bits per heavy atom. The van der Waals surface area contributed by atoms with Gasteiger partial charge in [-0.3, -0.25) is 0 Å². The molecule has 1 atom stereocenters. The van der Waals surface area contributed by atoms with E-state index in [4.69, 9.17) is 9.47 Å². The molecule has 0 saturated heterocycles. The molecule has 0 amide bonds. The van der Waals surface area contributed by atoms with Gasteiger partial charge in [0.05, 0.1) is 11.1 Å². The molecular formula is C25H23NO4. The molecule has 0 bridgehead atoms. The van der Waals surface area contributed by atoms with Crippen molar-refractivity contribution in [3.63, 3.8) is 0 Å². The van der Waals surface area contributed by atoms with Crippen LogP contribution in [0.1, 0.15) is 26.3 Å². The third-order valence-corrected chi connectivity index (χ3v) is 4.41. The average Bonchev–Trinajstić information content (AvgIpc) is 2.80. The first-order chi connectivity index (χ1) is 14.6. The minimum absolute atomic E-state index is 0.0263. The number of nitrogens with one attached hydrogen (secondary N) is 1. The molecule has 3 rings (SSSR count). The van der Waals surface area contributed by atoms with E-state index in [0.717, 1.165) is 5.56 Å². The summed E-state index contributed by atoms with van der Waals surface area (Å²) in [4.78, 5) is 24.7. The number of rotatable bonds is 9. The number of esters is 2. The van der Waals surface area contributed by atoms with Gasteiger partial charge in [0.1, 0.15) is 18.4 Å². The summed E-state index contributed by atoms with van der Waals surface area (Å²) >= 11 is 0. The molecule has 5 heteroatoms. The third kappa shape index (κ3) is 6.15. The van der Waals surface area contributed by atoms with Gasteiger partial charge in [-0.2, -0.15) is 0 Å². The van der Waals surface area contributed by atoms with Gasteiger partial charge in [-0.25, -0.2) is 9.59 Å². The summed E-state index contributed by atoms with van der Waals surface area (Å²) in [5.74, 6) is -0.786. The summed E-state index contributed by atoms with van der Waals surface area (Å²) in [6.45, 7) is 4.36. The molecule has 0 fully saturated rings. The Hall–Kier alpha value is -3.70. The number of benzene rings is 3. The fourth-order valence-electron chi connectivity index (χ4n) is 2.74. The maximum Gasteiger partial charge on any atom is 0.343 e. The fraction of sp³-hybridized carbons (Fsp3) is 0.120. The standard InChI is InChI=1S/C25H23NO4/c1-19(30-25(28)22-15-9-4-10-16-22)23(26-17-20-11-5-2-6-12-20)18-29-24(27)21-13-7-3-8-14-21/h2-16,23,26H,1,17-18H2/t23-/m1/s1. The zero-order valence-electron chi connectivity index (χ0n) is 16.5. The molecule has 30 heavy (non-hydrogen) atoms. The topological polar surface area (TPSA) is 64.6 Å². The van der Waals surface area contributed by atoms with Crippen molar-refractivity contribution in [2.24, 2.45) is 0 Å². The SMILES string of the molecule is C=C(OC(=O)c1ccccc1)[C@@H](COC(=O)c1ccccc1)NCc1ccccc1. The highest BCUT2D eigenvalue weighted by atomic mass is 16.6. The molecule has 0 aromatic heterocycles. The van der Waals surface area contributed by atoms with Crippen LogP contribution in [0.15, 0.2) is 103 Å². The molecule has 0 aliphatic heterocycles. The van der Waals surface area contributed by atoms with Crippen LogP contribution in [-0.2, 0) is 16.0 Å². The second-order valence-electron chi connectivity index (χ2n) is 6.61. The van der Waals surface area contributed by atoms with E-state index >= 15 is 0 Å². The minimum Gasteiger partial charge on any atom is -0.460 e. The Labute approximate surface area is 176 Å². The highest BCUT2D eigenvalue weighted by Crippen LogP contribution is 2.11. The van der Waals surface area contributed by atoms with Gasteiger partial charge in [-0.05, 0) is 29.8 Å². The zero-order chi connectivity index (χ0) is 21.2. The van der Waals surface area contributed by atoms with Crippen LogP contribution in [-0.4, -0.2) is 24.6 Å². The molecule has 0 saturated carbocycles. The predicted octanol–water partition coefficient (Wildman–Crippen LogP) is 4.37. The summed E-state index contributed by atoms with van der Waals surface area (Å²) in [5, 5.41) is 3.25. The summed E-state index contributed by atoms with van der Waals surface area (Å²) in [7, 11) is 0. The molecule has 0 radical (unpaired) electrons. The fourth-order valence-corrected chi connectivity index (χ4v) is 2.74. The van der Waals surface area contributed by atoms with Gasteiger partial charge in [0.2, 0.25) is 0 Å². The zero-order valence-corrected chi connectivity index (χ0v) is 16.5. The van der Waals surface area contributed by atoms with Crippen molar-refractivity contribution < 1.29 is 19.1 Å². The summed E-state index contributed by atoms with van der Waals surface area (Å²) in [6, 6.07) is 26.6. The van der Waals surface area contributed by atoms with E-state index in [0.29, 0.717) is 17.7 Å². The van der Waals surface area contributed by atoms with E-state index in [1.54, 1.807) is 48.5 Å². The molecule has 0 aliphatic carbocycles. The summed E-state index contributed by atoms with van der Waals surface area (Å²) in [6.07, 6.45) is 0. The van der Waals surface area contributed by atoms with Gasteiger partial charge in [0.25, 0.3) is 0 Å². The number of ether oxygens (including phenoxy) is 2. The molecule has 0 aliphatic rings. The first-order valence-electron chi connectivity index (χ1n) is 9.59. The molecule has 0 spiro atoms. The van der Waals surface area contributed by atoms with Crippen molar-refractivity contribution in [3.8, 4) is 0 Å². The van der Waals surface area contributed by atoms with E-state index in [9.17, 15) is 9.59 Å². The van der Waals surface area contributed by atoms with Crippen molar-refractivity contribution in [1.29, 1.82) is 0 Å².